The molecule has 2 N–H and O–H groups in total. The maximum absolute atomic E-state index is 12.2. The van der Waals surface area contributed by atoms with Crippen molar-refractivity contribution in [2.75, 3.05) is 23.3 Å². The predicted octanol–water partition coefficient (Wildman–Crippen LogP) is 6.43. The van der Waals surface area contributed by atoms with Gasteiger partial charge in [0.25, 0.3) is 0 Å². The number of piperidine rings is 1. The van der Waals surface area contributed by atoms with E-state index in [0.29, 0.717) is 16.5 Å². The summed E-state index contributed by atoms with van der Waals surface area (Å²) in [6, 6.07) is 17.5. The van der Waals surface area contributed by atoms with Gasteiger partial charge in [-0.1, -0.05) is 23.7 Å². The van der Waals surface area contributed by atoms with Gasteiger partial charge in [-0.15, -0.1) is 0 Å². The number of rotatable bonds is 5. The van der Waals surface area contributed by atoms with Crippen LogP contribution in [0.5, 0.6) is 0 Å². The molecule has 1 amide bonds. The van der Waals surface area contributed by atoms with Crippen molar-refractivity contribution in [1.82, 2.24) is 5.32 Å². The van der Waals surface area contributed by atoms with E-state index < -0.39 is 0 Å². The third kappa shape index (κ3) is 6.24. The van der Waals surface area contributed by atoms with Crippen molar-refractivity contribution in [3.8, 4) is 11.3 Å². The largest absolute Gasteiger partial charge is 0.457 e. The van der Waals surface area contributed by atoms with Crippen LogP contribution < -0.4 is 15.5 Å². The average Bonchev–Trinajstić information content (AvgIpc) is 3.30. The van der Waals surface area contributed by atoms with Crippen LogP contribution in [0.3, 0.4) is 0 Å². The molecule has 33 heavy (non-hydrogen) atoms. The number of aryl methyl sites for hydroxylation is 1. The first-order chi connectivity index (χ1) is 16.0. The second kappa shape index (κ2) is 10.7. The van der Waals surface area contributed by atoms with Crippen LogP contribution >= 0.6 is 23.8 Å². The number of amides is 1. The summed E-state index contributed by atoms with van der Waals surface area (Å²) in [6.07, 6.45) is 6.77. The Balaban J connectivity index is 1.29. The van der Waals surface area contributed by atoms with Crippen LogP contribution in [0.4, 0.5) is 11.4 Å². The highest BCUT2D eigenvalue weighted by molar-refractivity contribution is 7.80. The fourth-order valence-corrected chi connectivity index (χ4v) is 4.12. The van der Waals surface area contributed by atoms with Crippen LogP contribution in [0.15, 0.2) is 65.1 Å². The Kier molecular flexibility index (Phi) is 7.47. The molecular formula is C26H26ClN3O2S. The summed E-state index contributed by atoms with van der Waals surface area (Å²) < 4.78 is 5.80. The van der Waals surface area contributed by atoms with Crippen molar-refractivity contribution in [3.63, 3.8) is 0 Å². The summed E-state index contributed by atoms with van der Waals surface area (Å²) >= 11 is 11.5. The van der Waals surface area contributed by atoms with Gasteiger partial charge in [0.2, 0.25) is 5.91 Å². The van der Waals surface area contributed by atoms with E-state index in [9.17, 15) is 4.79 Å². The van der Waals surface area contributed by atoms with Crippen molar-refractivity contribution in [1.29, 1.82) is 0 Å². The third-order valence-electron chi connectivity index (χ3n) is 5.57. The Morgan fingerprint density at radius 2 is 1.82 bits per heavy atom. The number of nitrogens with zero attached hydrogens (tertiary/aromatic N) is 1. The molecule has 3 aromatic rings. The van der Waals surface area contributed by atoms with Gasteiger partial charge in [-0.05, 0) is 92.5 Å². The molecule has 7 heteroatoms. The first kappa shape index (κ1) is 23.1. The Hall–Kier alpha value is -3.09. The summed E-state index contributed by atoms with van der Waals surface area (Å²) in [5.41, 5.74) is 3.93. The molecule has 1 aliphatic heterocycles. The fourth-order valence-electron chi connectivity index (χ4n) is 3.73. The summed E-state index contributed by atoms with van der Waals surface area (Å²) in [7, 11) is 0. The molecule has 5 nitrogen and oxygen atoms in total. The second-order valence-electron chi connectivity index (χ2n) is 8.04. The maximum Gasteiger partial charge on any atom is 0.250 e. The van der Waals surface area contributed by atoms with Gasteiger partial charge >= 0.3 is 0 Å². The number of thiocarbonyl (C=S) groups is 1. The zero-order valence-corrected chi connectivity index (χ0v) is 20.0. The van der Waals surface area contributed by atoms with Crippen LogP contribution in [0.1, 0.15) is 30.6 Å². The monoisotopic (exact) mass is 479 g/mol. The van der Waals surface area contributed by atoms with Crippen LogP contribution in [-0.4, -0.2) is 24.1 Å². The molecule has 1 aromatic heterocycles. The molecule has 0 atom stereocenters. The van der Waals surface area contributed by atoms with Crippen molar-refractivity contribution in [2.45, 2.75) is 26.2 Å². The predicted molar refractivity (Wildman–Crippen MR) is 140 cm³/mol. The van der Waals surface area contributed by atoms with E-state index in [0.717, 1.165) is 29.9 Å². The number of carbonyl (C=O) groups is 1. The molecular weight excluding hydrogens is 454 g/mol. The highest BCUT2D eigenvalue weighted by atomic mass is 35.5. The molecule has 1 fully saturated rings. The number of halogens is 1. The minimum absolute atomic E-state index is 0.241. The van der Waals surface area contributed by atoms with E-state index in [1.165, 1.54) is 31.0 Å². The van der Waals surface area contributed by atoms with Gasteiger partial charge in [-0.25, -0.2) is 0 Å². The summed E-state index contributed by atoms with van der Waals surface area (Å²) in [6.45, 7) is 4.15. The van der Waals surface area contributed by atoms with Gasteiger partial charge in [-0.2, -0.15) is 0 Å². The Bertz CT molecular complexity index is 1160. The molecule has 1 aliphatic rings. The van der Waals surface area contributed by atoms with Crippen LogP contribution in [-0.2, 0) is 4.79 Å². The lowest BCUT2D eigenvalue weighted by atomic mass is 10.1. The van der Waals surface area contributed by atoms with E-state index in [1.807, 2.05) is 43.3 Å². The van der Waals surface area contributed by atoms with E-state index in [4.69, 9.17) is 28.2 Å². The van der Waals surface area contributed by atoms with E-state index in [1.54, 1.807) is 12.1 Å². The summed E-state index contributed by atoms with van der Waals surface area (Å²) in [5.74, 6) is 0.903. The van der Waals surface area contributed by atoms with Crippen LogP contribution in [0.25, 0.3) is 17.4 Å². The molecule has 0 aliphatic carbocycles. The Labute approximate surface area is 204 Å². The summed E-state index contributed by atoms with van der Waals surface area (Å²) in [4.78, 5) is 14.6. The molecule has 0 unspecified atom stereocenters. The lowest BCUT2D eigenvalue weighted by molar-refractivity contribution is -0.115. The lowest BCUT2D eigenvalue weighted by Gasteiger charge is -2.28. The summed E-state index contributed by atoms with van der Waals surface area (Å²) in [5, 5.41) is 6.63. The minimum Gasteiger partial charge on any atom is -0.457 e. The third-order valence-corrected chi connectivity index (χ3v) is 6.18. The number of nitrogens with one attached hydrogen (secondary N) is 2. The van der Waals surface area contributed by atoms with Crippen molar-refractivity contribution >= 4 is 52.3 Å². The fraction of sp³-hybridized carbons (Fsp3) is 0.231. The minimum atomic E-state index is -0.339. The van der Waals surface area contributed by atoms with Crippen LogP contribution in [0.2, 0.25) is 5.02 Å². The van der Waals surface area contributed by atoms with Crippen molar-refractivity contribution in [2.24, 2.45) is 0 Å². The molecule has 1 saturated heterocycles. The zero-order chi connectivity index (χ0) is 23.2. The molecule has 0 saturated carbocycles. The van der Waals surface area contributed by atoms with Gasteiger partial charge in [0.1, 0.15) is 11.5 Å². The SMILES string of the molecule is Cc1ccc(-c2ccc(/C=C/C(=O)NC(=S)Nc3ccc(N4CCCCC4)cc3)o2)cc1Cl. The molecule has 0 radical (unpaired) electrons. The van der Waals surface area contributed by atoms with Crippen molar-refractivity contribution in [3.05, 3.63) is 77.0 Å². The Morgan fingerprint density at radius 1 is 1.06 bits per heavy atom. The second-order valence-corrected chi connectivity index (χ2v) is 8.85. The zero-order valence-electron chi connectivity index (χ0n) is 18.4. The number of hydrogen-bond donors (Lipinski definition) is 2. The molecule has 0 spiro atoms. The van der Waals surface area contributed by atoms with Gasteiger partial charge < -0.3 is 14.6 Å². The number of anilines is 2. The van der Waals surface area contributed by atoms with Gasteiger partial charge in [0.15, 0.2) is 5.11 Å². The topological polar surface area (TPSA) is 57.5 Å². The number of carbonyl (C=O) groups excluding carboxylic acids is 1. The molecule has 170 valence electrons. The smallest absolute Gasteiger partial charge is 0.250 e. The van der Waals surface area contributed by atoms with E-state index in [-0.39, 0.29) is 11.0 Å². The molecule has 2 heterocycles. The first-order valence-electron chi connectivity index (χ1n) is 11.0. The number of benzene rings is 2. The standard InChI is InChI=1S/C26H26ClN3O2S/c1-18-5-6-19(17-23(18)27)24-13-11-22(32-24)12-14-25(31)29-26(33)28-20-7-9-21(10-8-20)30-15-3-2-4-16-30/h5-14,17H,2-4,15-16H2,1H3,(H2,28,29,31,33)/b14-12+. The highest BCUT2D eigenvalue weighted by Gasteiger charge is 2.11. The Morgan fingerprint density at radius 3 is 2.55 bits per heavy atom. The van der Waals surface area contributed by atoms with Gasteiger partial charge in [0.05, 0.1) is 0 Å². The van der Waals surface area contributed by atoms with Gasteiger partial charge in [-0.3, -0.25) is 10.1 Å². The molecule has 4 rings (SSSR count). The molecule has 2 aromatic carbocycles. The quantitative estimate of drug-likeness (QED) is 0.326. The van der Waals surface area contributed by atoms with Gasteiger partial charge in [0, 0.05) is 41.1 Å². The van der Waals surface area contributed by atoms with Crippen molar-refractivity contribution < 1.29 is 9.21 Å². The maximum atomic E-state index is 12.2. The normalized spacial score (nSPS) is 13.8. The average molecular weight is 480 g/mol. The molecule has 0 bridgehead atoms. The van der Waals surface area contributed by atoms with E-state index in [2.05, 4.69) is 27.7 Å². The number of hydrogen-bond acceptors (Lipinski definition) is 4. The first-order valence-corrected chi connectivity index (χ1v) is 11.8. The lowest BCUT2D eigenvalue weighted by Crippen LogP contribution is -2.32. The number of furan rings is 1. The van der Waals surface area contributed by atoms with Crippen LogP contribution in [0, 0.1) is 6.92 Å². The van der Waals surface area contributed by atoms with E-state index >= 15 is 0 Å². The highest BCUT2D eigenvalue weighted by Crippen LogP contribution is 2.27.